The summed E-state index contributed by atoms with van der Waals surface area (Å²) in [4.78, 5) is 0. The molecular weight excluding hydrogens is 174 g/mol. The van der Waals surface area contributed by atoms with E-state index in [4.69, 9.17) is 11.0 Å². The van der Waals surface area contributed by atoms with Crippen LogP contribution in [-0.4, -0.2) is 0 Å². The summed E-state index contributed by atoms with van der Waals surface area (Å²) in [6, 6.07) is 4.59. The van der Waals surface area contributed by atoms with Crippen molar-refractivity contribution in [2.75, 3.05) is 0 Å². The molecule has 0 saturated heterocycles. The molecule has 0 spiro atoms. The summed E-state index contributed by atoms with van der Waals surface area (Å²) in [7, 11) is 0. The molecule has 1 atom stereocenters. The van der Waals surface area contributed by atoms with Gasteiger partial charge in [0, 0.05) is 6.07 Å². The molecule has 0 saturated carbocycles. The number of hydrogen-bond donors (Lipinski definition) is 1. The van der Waals surface area contributed by atoms with Gasteiger partial charge in [0.15, 0.2) is 0 Å². The number of nitrogens with two attached hydrogens (primary N) is 1. The largest absolute Gasteiger partial charge is 0.310 e. The molecular formula is C9H8F2N2. The summed E-state index contributed by atoms with van der Waals surface area (Å²) in [6.07, 6.45) is 0. The zero-order valence-corrected chi connectivity index (χ0v) is 7.01. The lowest BCUT2D eigenvalue weighted by atomic mass is 9.95. The predicted octanol–water partition coefficient (Wildman–Crippen LogP) is 1.66. The highest BCUT2D eigenvalue weighted by Crippen LogP contribution is 2.18. The number of benzene rings is 1. The van der Waals surface area contributed by atoms with Crippen LogP contribution < -0.4 is 5.73 Å². The van der Waals surface area contributed by atoms with E-state index in [9.17, 15) is 8.78 Å². The van der Waals surface area contributed by atoms with Gasteiger partial charge in [0.05, 0.1) is 6.07 Å². The summed E-state index contributed by atoms with van der Waals surface area (Å²) in [5.74, 6) is -1.47. The highest BCUT2D eigenvalue weighted by molar-refractivity contribution is 5.30. The summed E-state index contributed by atoms with van der Waals surface area (Å²) in [5.41, 5.74) is 4.25. The van der Waals surface area contributed by atoms with Crippen molar-refractivity contribution in [2.24, 2.45) is 5.73 Å². The minimum atomic E-state index is -1.36. The summed E-state index contributed by atoms with van der Waals surface area (Å²) >= 11 is 0. The van der Waals surface area contributed by atoms with Crippen LogP contribution in [0.1, 0.15) is 12.5 Å². The minimum absolute atomic E-state index is 0.132. The van der Waals surface area contributed by atoms with Gasteiger partial charge < -0.3 is 5.73 Å². The van der Waals surface area contributed by atoms with E-state index < -0.39 is 17.2 Å². The SMILES string of the molecule is CC(N)(C#N)c1cc(F)cc(F)c1. The van der Waals surface area contributed by atoms with Gasteiger partial charge in [-0.25, -0.2) is 8.78 Å². The zero-order valence-electron chi connectivity index (χ0n) is 7.01. The van der Waals surface area contributed by atoms with Gasteiger partial charge in [0.25, 0.3) is 0 Å². The third-order valence-electron chi connectivity index (χ3n) is 1.69. The normalized spacial score (nSPS) is 14.7. The van der Waals surface area contributed by atoms with Crippen molar-refractivity contribution in [3.8, 4) is 6.07 Å². The Balaban J connectivity index is 3.25. The monoisotopic (exact) mass is 182 g/mol. The van der Waals surface area contributed by atoms with Crippen molar-refractivity contribution in [3.05, 3.63) is 35.4 Å². The first-order chi connectivity index (χ1) is 5.95. The predicted molar refractivity (Wildman–Crippen MR) is 43.5 cm³/mol. The molecule has 1 aromatic carbocycles. The minimum Gasteiger partial charge on any atom is -0.310 e. The number of rotatable bonds is 1. The standard InChI is InChI=1S/C9H8F2N2/c1-9(13,5-12)6-2-7(10)4-8(11)3-6/h2-4H,13H2,1H3. The molecule has 2 nitrogen and oxygen atoms in total. The molecule has 68 valence electrons. The van der Waals surface area contributed by atoms with Crippen LogP contribution >= 0.6 is 0 Å². The van der Waals surface area contributed by atoms with Crippen molar-refractivity contribution in [2.45, 2.75) is 12.5 Å². The van der Waals surface area contributed by atoms with Crippen LogP contribution in [-0.2, 0) is 5.54 Å². The topological polar surface area (TPSA) is 49.8 Å². The number of nitrogens with zero attached hydrogens (tertiary/aromatic N) is 1. The molecule has 0 aromatic heterocycles. The van der Waals surface area contributed by atoms with E-state index in [2.05, 4.69) is 0 Å². The van der Waals surface area contributed by atoms with E-state index in [1.807, 2.05) is 0 Å². The van der Waals surface area contributed by atoms with Gasteiger partial charge in [-0.1, -0.05) is 0 Å². The number of halogens is 2. The van der Waals surface area contributed by atoms with Crippen LogP contribution in [0.2, 0.25) is 0 Å². The van der Waals surface area contributed by atoms with Crippen LogP contribution in [0.15, 0.2) is 18.2 Å². The molecule has 0 aliphatic rings. The maximum absolute atomic E-state index is 12.7. The Morgan fingerprint density at radius 2 is 1.77 bits per heavy atom. The van der Waals surface area contributed by atoms with Crippen LogP contribution in [0.3, 0.4) is 0 Å². The fourth-order valence-electron chi connectivity index (χ4n) is 0.918. The lowest BCUT2D eigenvalue weighted by molar-refractivity contribution is 0.562. The van der Waals surface area contributed by atoms with Gasteiger partial charge in [0.2, 0.25) is 0 Å². The first-order valence-electron chi connectivity index (χ1n) is 3.62. The van der Waals surface area contributed by atoms with E-state index in [1.165, 1.54) is 6.92 Å². The molecule has 0 radical (unpaired) electrons. The van der Waals surface area contributed by atoms with Crippen molar-refractivity contribution in [1.82, 2.24) is 0 Å². The van der Waals surface area contributed by atoms with Gasteiger partial charge in [-0.15, -0.1) is 0 Å². The smallest absolute Gasteiger partial charge is 0.127 e. The summed E-state index contributed by atoms with van der Waals surface area (Å²) < 4.78 is 25.4. The second-order valence-corrected chi connectivity index (χ2v) is 2.97. The first-order valence-corrected chi connectivity index (χ1v) is 3.62. The van der Waals surface area contributed by atoms with Crippen LogP contribution in [0.5, 0.6) is 0 Å². The molecule has 0 amide bonds. The zero-order chi connectivity index (χ0) is 10.1. The molecule has 1 aromatic rings. The van der Waals surface area contributed by atoms with Crippen LogP contribution in [0, 0.1) is 23.0 Å². The van der Waals surface area contributed by atoms with Crippen LogP contribution in [0.25, 0.3) is 0 Å². The third-order valence-corrected chi connectivity index (χ3v) is 1.69. The van der Waals surface area contributed by atoms with Gasteiger partial charge in [0.1, 0.15) is 17.2 Å². The highest BCUT2D eigenvalue weighted by atomic mass is 19.1. The Hall–Kier alpha value is -1.47. The van der Waals surface area contributed by atoms with Crippen LogP contribution in [0.4, 0.5) is 8.78 Å². The Morgan fingerprint density at radius 3 is 2.15 bits per heavy atom. The van der Waals surface area contributed by atoms with E-state index >= 15 is 0 Å². The fraction of sp³-hybridized carbons (Fsp3) is 0.222. The number of hydrogen-bond acceptors (Lipinski definition) is 2. The second kappa shape index (κ2) is 3.11. The van der Waals surface area contributed by atoms with Gasteiger partial charge in [-0.3, -0.25) is 0 Å². The third kappa shape index (κ3) is 2.01. The molecule has 4 heteroatoms. The van der Waals surface area contributed by atoms with Gasteiger partial charge >= 0.3 is 0 Å². The average molecular weight is 182 g/mol. The van der Waals surface area contributed by atoms with E-state index in [-0.39, 0.29) is 5.56 Å². The molecule has 0 aliphatic carbocycles. The molecule has 0 fully saturated rings. The molecule has 0 aliphatic heterocycles. The fourth-order valence-corrected chi connectivity index (χ4v) is 0.918. The molecule has 0 heterocycles. The maximum Gasteiger partial charge on any atom is 0.127 e. The Kier molecular flexibility index (Phi) is 2.30. The van der Waals surface area contributed by atoms with Crippen molar-refractivity contribution < 1.29 is 8.78 Å². The number of nitriles is 1. The lowest BCUT2D eigenvalue weighted by Crippen LogP contribution is -2.31. The lowest BCUT2D eigenvalue weighted by Gasteiger charge is -2.15. The van der Waals surface area contributed by atoms with Crippen molar-refractivity contribution >= 4 is 0 Å². The van der Waals surface area contributed by atoms with E-state index in [1.54, 1.807) is 6.07 Å². The first kappa shape index (κ1) is 9.62. The average Bonchev–Trinajstić information content (AvgIpc) is 2.02. The second-order valence-electron chi connectivity index (χ2n) is 2.97. The van der Waals surface area contributed by atoms with Gasteiger partial charge in [-0.2, -0.15) is 5.26 Å². The quantitative estimate of drug-likeness (QED) is 0.718. The Morgan fingerprint density at radius 1 is 1.31 bits per heavy atom. The Labute approximate surface area is 74.6 Å². The molecule has 1 unspecified atom stereocenters. The van der Waals surface area contributed by atoms with E-state index in [0.717, 1.165) is 18.2 Å². The summed E-state index contributed by atoms with van der Waals surface area (Å²) in [5, 5.41) is 8.61. The molecule has 13 heavy (non-hydrogen) atoms. The van der Waals surface area contributed by atoms with Gasteiger partial charge in [-0.05, 0) is 24.6 Å². The maximum atomic E-state index is 12.7. The Bertz CT molecular complexity index is 346. The molecule has 1 rings (SSSR count). The highest BCUT2D eigenvalue weighted by Gasteiger charge is 2.21. The van der Waals surface area contributed by atoms with Crippen molar-refractivity contribution in [3.63, 3.8) is 0 Å². The molecule has 2 N–H and O–H groups in total. The molecule has 0 bridgehead atoms. The van der Waals surface area contributed by atoms with Crippen molar-refractivity contribution in [1.29, 1.82) is 5.26 Å². The summed E-state index contributed by atoms with van der Waals surface area (Å²) in [6.45, 7) is 1.39. The van der Waals surface area contributed by atoms with E-state index in [0.29, 0.717) is 0 Å².